The zero-order valence-electron chi connectivity index (χ0n) is 10.7. The zero-order valence-corrected chi connectivity index (χ0v) is 11.5. The first-order chi connectivity index (χ1) is 8.77. The summed E-state index contributed by atoms with van der Waals surface area (Å²) in [6.45, 7) is 4.30. The molecule has 19 heavy (non-hydrogen) atoms. The van der Waals surface area contributed by atoms with Gasteiger partial charge in [-0.3, -0.25) is 9.69 Å². The van der Waals surface area contributed by atoms with Crippen LogP contribution in [0.2, 0.25) is 0 Å². The van der Waals surface area contributed by atoms with Gasteiger partial charge >= 0.3 is 0 Å². The fraction of sp³-hybridized carbons (Fsp3) is 0.385. The summed E-state index contributed by atoms with van der Waals surface area (Å²) in [5, 5.41) is 3.37. The molecule has 6 heteroatoms. The fourth-order valence-electron chi connectivity index (χ4n) is 2.05. The van der Waals surface area contributed by atoms with Crippen molar-refractivity contribution in [3.05, 3.63) is 35.4 Å². The Morgan fingerprint density at radius 1 is 1.37 bits per heavy atom. The molecule has 1 aromatic carbocycles. The standard InChI is InChI=1S/C13H14F2N2OS/c1-13(2)7-17(12(19)16-13)11(18)5-8-3-9(14)6-10(15)4-8/h3-4,6H,5,7H2,1-2H3,(H,16,19). The second-order valence-corrected chi connectivity index (χ2v) is 5.64. The molecule has 1 heterocycles. The van der Waals surface area contributed by atoms with Crippen LogP contribution in [0.5, 0.6) is 0 Å². The van der Waals surface area contributed by atoms with Crippen molar-refractivity contribution in [2.45, 2.75) is 25.8 Å². The average Bonchev–Trinajstić information content (AvgIpc) is 2.50. The topological polar surface area (TPSA) is 32.3 Å². The molecule has 3 nitrogen and oxygen atoms in total. The molecule has 0 saturated carbocycles. The maximum Gasteiger partial charge on any atom is 0.233 e. The molecule has 0 spiro atoms. The van der Waals surface area contributed by atoms with Crippen LogP contribution >= 0.6 is 12.2 Å². The van der Waals surface area contributed by atoms with Gasteiger partial charge in [0.25, 0.3) is 0 Å². The number of carbonyl (C=O) groups is 1. The number of nitrogens with zero attached hydrogens (tertiary/aromatic N) is 1. The highest BCUT2D eigenvalue weighted by Gasteiger charge is 2.35. The number of halogens is 2. The molecule has 1 aliphatic heterocycles. The molecule has 0 unspecified atom stereocenters. The predicted octanol–water partition coefficient (Wildman–Crippen LogP) is 2.00. The molecule has 1 fully saturated rings. The van der Waals surface area contributed by atoms with Gasteiger partial charge in [0.1, 0.15) is 11.6 Å². The van der Waals surface area contributed by atoms with Crippen LogP contribution in [0.25, 0.3) is 0 Å². The number of hydrogen-bond acceptors (Lipinski definition) is 2. The van der Waals surface area contributed by atoms with Gasteiger partial charge in [-0.25, -0.2) is 8.78 Å². The maximum atomic E-state index is 13.1. The monoisotopic (exact) mass is 284 g/mol. The molecule has 1 saturated heterocycles. The summed E-state index contributed by atoms with van der Waals surface area (Å²) in [5.41, 5.74) is 0.0231. The third-order valence-corrected chi connectivity index (χ3v) is 3.15. The van der Waals surface area contributed by atoms with Crippen molar-refractivity contribution >= 4 is 23.2 Å². The second kappa shape index (κ2) is 4.85. The lowest BCUT2D eigenvalue weighted by molar-refractivity contribution is -0.126. The second-order valence-electron chi connectivity index (χ2n) is 5.25. The zero-order chi connectivity index (χ0) is 14.2. The Morgan fingerprint density at radius 3 is 2.42 bits per heavy atom. The van der Waals surface area contributed by atoms with Crippen LogP contribution < -0.4 is 5.32 Å². The van der Waals surface area contributed by atoms with Crippen molar-refractivity contribution in [1.29, 1.82) is 0 Å². The summed E-state index contributed by atoms with van der Waals surface area (Å²) in [6, 6.07) is 3.08. The molecular formula is C13H14F2N2OS. The Bertz CT molecular complexity index is 525. The summed E-state index contributed by atoms with van der Waals surface area (Å²) < 4.78 is 26.1. The first kappa shape index (κ1) is 13.9. The molecule has 1 aliphatic rings. The molecule has 0 radical (unpaired) electrons. The summed E-state index contributed by atoms with van der Waals surface area (Å²) in [7, 11) is 0. The van der Waals surface area contributed by atoms with Gasteiger partial charge < -0.3 is 5.32 Å². The van der Waals surface area contributed by atoms with Crippen LogP contribution in [0.1, 0.15) is 19.4 Å². The number of hydrogen-bond donors (Lipinski definition) is 1. The predicted molar refractivity (Wildman–Crippen MR) is 71.6 cm³/mol. The van der Waals surface area contributed by atoms with E-state index in [2.05, 4.69) is 5.32 Å². The molecule has 0 bridgehead atoms. The number of amides is 1. The van der Waals surface area contributed by atoms with Crippen molar-refractivity contribution < 1.29 is 13.6 Å². The van der Waals surface area contributed by atoms with Gasteiger partial charge in [-0.05, 0) is 43.8 Å². The lowest BCUT2D eigenvalue weighted by Gasteiger charge is -2.17. The number of thiocarbonyl (C=S) groups is 1. The molecular weight excluding hydrogens is 270 g/mol. The smallest absolute Gasteiger partial charge is 0.233 e. The molecule has 1 N–H and O–H groups in total. The molecule has 102 valence electrons. The van der Waals surface area contributed by atoms with Crippen LogP contribution in [0.4, 0.5) is 8.78 Å². The first-order valence-corrected chi connectivity index (χ1v) is 6.25. The Labute approximate surface area is 115 Å². The van der Waals surface area contributed by atoms with Crippen LogP contribution in [-0.2, 0) is 11.2 Å². The number of carbonyl (C=O) groups excluding carboxylic acids is 1. The first-order valence-electron chi connectivity index (χ1n) is 5.84. The Kier molecular flexibility index (Phi) is 3.54. The average molecular weight is 284 g/mol. The minimum atomic E-state index is -0.690. The van der Waals surface area contributed by atoms with Crippen molar-refractivity contribution in [2.75, 3.05) is 6.54 Å². The molecule has 0 aromatic heterocycles. The van der Waals surface area contributed by atoms with Gasteiger partial charge in [-0.2, -0.15) is 0 Å². The maximum absolute atomic E-state index is 13.1. The lowest BCUT2D eigenvalue weighted by atomic mass is 10.1. The van der Waals surface area contributed by atoms with E-state index in [0.717, 1.165) is 18.2 Å². The molecule has 0 atom stereocenters. The molecule has 1 aromatic rings. The molecule has 1 amide bonds. The Balaban J connectivity index is 2.11. The van der Waals surface area contributed by atoms with E-state index >= 15 is 0 Å². The van der Waals surface area contributed by atoms with Gasteiger partial charge in [-0.15, -0.1) is 0 Å². The number of nitrogens with one attached hydrogen (secondary N) is 1. The van der Waals surface area contributed by atoms with Crippen molar-refractivity contribution in [3.63, 3.8) is 0 Å². The van der Waals surface area contributed by atoms with E-state index in [1.165, 1.54) is 4.90 Å². The summed E-state index contributed by atoms with van der Waals surface area (Å²) in [6.07, 6.45) is -0.0768. The van der Waals surface area contributed by atoms with Gasteiger partial charge in [0, 0.05) is 6.07 Å². The largest absolute Gasteiger partial charge is 0.356 e. The quantitative estimate of drug-likeness (QED) is 0.843. The van der Waals surface area contributed by atoms with E-state index in [1.807, 2.05) is 13.8 Å². The Hall–Kier alpha value is -1.56. The Morgan fingerprint density at radius 2 is 1.95 bits per heavy atom. The highest BCUT2D eigenvalue weighted by molar-refractivity contribution is 7.80. The molecule has 2 rings (SSSR count). The fourth-order valence-corrected chi connectivity index (χ4v) is 2.49. The van der Waals surface area contributed by atoms with Crippen LogP contribution in [0.15, 0.2) is 18.2 Å². The summed E-state index contributed by atoms with van der Waals surface area (Å²) in [5.74, 6) is -1.65. The van der Waals surface area contributed by atoms with E-state index in [1.54, 1.807) is 0 Å². The minimum absolute atomic E-state index is 0.0768. The number of rotatable bonds is 2. The van der Waals surface area contributed by atoms with Crippen LogP contribution in [-0.4, -0.2) is 28.0 Å². The normalized spacial score (nSPS) is 17.5. The highest BCUT2D eigenvalue weighted by Crippen LogP contribution is 2.17. The minimum Gasteiger partial charge on any atom is -0.356 e. The van der Waals surface area contributed by atoms with Crippen LogP contribution in [0.3, 0.4) is 0 Å². The van der Waals surface area contributed by atoms with Crippen molar-refractivity contribution in [2.24, 2.45) is 0 Å². The third kappa shape index (κ3) is 3.26. The van der Waals surface area contributed by atoms with Gasteiger partial charge in [0.2, 0.25) is 5.91 Å². The van der Waals surface area contributed by atoms with E-state index in [0.29, 0.717) is 17.2 Å². The SMILES string of the molecule is CC1(C)CN(C(=O)Cc2cc(F)cc(F)c2)C(=S)N1. The lowest BCUT2D eigenvalue weighted by Crippen LogP contribution is -2.36. The summed E-state index contributed by atoms with van der Waals surface area (Å²) in [4.78, 5) is 13.5. The highest BCUT2D eigenvalue weighted by atomic mass is 32.1. The van der Waals surface area contributed by atoms with Crippen LogP contribution in [0, 0.1) is 11.6 Å². The van der Waals surface area contributed by atoms with Crippen molar-refractivity contribution in [3.8, 4) is 0 Å². The van der Waals surface area contributed by atoms with E-state index in [4.69, 9.17) is 12.2 Å². The van der Waals surface area contributed by atoms with E-state index in [-0.39, 0.29) is 17.9 Å². The van der Waals surface area contributed by atoms with Gasteiger partial charge in [-0.1, -0.05) is 0 Å². The van der Waals surface area contributed by atoms with E-state index < -0.39 is 11.6 Å². The van der Waals surface area contributed by atoms with Crippen molar-refractivity contribution in [1.82, 2.24) is 10.2 Å². The van der Waals surface area contributed by atoms with Gasteiger partial charge in [0.05, 0.1) is 18.5 Å². The molecule has 0 aliphatic carbocycles. The third-order valence-electron chi connectivity index (χ3n) is 2.82. The summed E-state index contributed by atoms with van der Waals surface area (Å²) >= 11 is 5.08. The van der Waals surface area contributed by atoms with Gasteiger partial charge in [0.15, 0.2) is 5.11 Å². The number of benzene rings is 1. The van der Waals surface area contributed by atoms with E-state index in [9.17, 15) is 13.6 Å².